The van der Waals surface area contributed by atoms with E-state index < -0.39 is 8.07 Å². The lowest BCUT2D eigenvalue weighted by atomic mass is 10.2. The Morgan fingerprint density at radius 3 is 2.69 bits per heavy atom. The van der Waals surface area contributed by atoms with Crippen LogP contribution in [0.3, 0.4) is 0 Å². The van der Waals surface area contributed by atoms with Gasteiger partial charge in [0.25, 0.3) is 0 Å². The van der Waals surface area contributed by atoms with Gasteiger partial charge in [0.05, 0.1) is 0 Å². The highest BCUT2D eigenvalue weighted by molar-refractivity contribution is 6.83. The van der Waals surface area contributed by atoms with Gasteiger partial charge in [-0.15, -0.1) is 5.54 Å². The van der Waals surface area contributed by atoms with Gasteiger partial charge in [0, 0.05) is 5.56 Å². The fourth-order valence-corrected chi connectivity index (χ4v) is 1.56. The molecule has 1 rings (SSSR count). The zero-order chi connectivity index (χ0) is 12.0. The number of benzene rings is 1. The van der Waals surface area contributed by atoms with Crippen molar-refractivity contribution in [2.24, 2.45) is 0 Å². The lowest BCUT2D eigenvalue weighted by Crippen LogP contribution is -2.16. The van der Waals surface area contributed by atoms with E-state index >= 15 is 0 Å². The molecule has 0 unspecified atom stereocenters. The lowest BCUT2D eigenvalue weighted by molar-refractivity contribution is 0.368. The molecule has 2 nitrogen and oxygen atoms in total. The van der Waals surface area contributed by atoms with Gasteiger partial charge >= 0.3 is 0 Å². The second kappa shape index (κ2) is 5.39. The molecule has 0 amide bonds. The van der Waals surface area contributed by atoms with Gasteiger partial charge in [-0.2, -0.15) is 5.26 Å². The van der Waals surface area contributed by atoms with Crippen LogP contribution in [-0.2, 0) is 0 Å². The molecule has 0 aliphatic carbocycles. The van der Waals surface area contributed by atoms with E-state index in [0.29, 0.717) is 5.75 Å². The average molecular weight is 229 g/mol. The standard InChI is InChI=1S/C13H15NOSi/c1-16(2,3)10-7-12-5-4-6-13(11-12)15-9-8-14/h4-6,11H,9H2,1-3H3. The Kier molecular flexibility index (Phi) is 4.16. The number of ether oxygens (including phenoxy) is 1. The molecular formula is C13H15NOSi. The molecule has 82 valence electrons. The van der Waals surface area contributed by atoms with Crippen LogP contribution < -0.4 is 4.74 Å². The van der Waals surface area contributed by atoms with Gasteiger partial charge in [0.15, 0.2) is 6.61 Å². The highest BCUT2D eigenvalue weighted by atomic mass is 28.3. The van der Waals surface area contributed by atoms with E-state index in [-0.39, 0.29) is 6.61 Å². The van der Waals surface area contributed by atoms with Crippen molar-refractivity contribution in [2.45, 2.75) is 19.6 Å². The molecule has 0 atom stereocenters. The minimum atomic E-state index is -1.34. The molecule has 0 fully saturated rings. The predicted octanol–water partition coefficient (Wildman–Crippen LogP) is 2.82. The lowest BCUT2D eigenvalue weighted by Gasteiger charge is -2.04. The summed E-state index contributed by atoms with van der Waals surface area (Å²) in [6.07, 6.45) is 0. The maximum atomic E-state index is 8.41. The predicted molar refractivity (Wildman–Crippen MR) is 67.8 cm³/mol. The van der Waals surface area contributed by atoms with Crippen molar-refractivity contribution in [1.82, 2.24) is 0 Å². The number of rotatable bonds is 2. The van der Waals surface area contributed by atoms with Crippen LogP contribution in [0.2, 0.25) is 19.6 Å². The quantitative estimate of drug-likeness (QED) is 0.577. The smallest absolute Gasteiger partial charge is 0.174 e. The first-order chi connectivity index (χ1) is 7.51. The van der Waals surface area contributed by atoms with Crippen LogP contribution in [0.5, 0.6) is 5.75 Å². The Bertz CT molecular complexity index is 457. The fraction of sp³-hybridized carbons (Fsp3) is 0.308. The molecule has 1 aromatic rings. The maximum Gasteiger partial charge on any atom is 0.174 e. The van der Waals surface area contributed by atoms with E-state index in [4.69, 9.17) is 10.00 Å². The van der Waals surface area contributed by atoms with Crippen molar-refractivity contribution >= 4 is 8.07 Å². The summed E-state index contributed by atoms with van der Waals surface area (Å²) >= 11 is 0. The van der Waals surface area contributed by atoms with Gasteiger partial charge in [-0.05, 0) is 18.2 Å². The number of hydrogen-bond acceptors (Lipinski definition) is 2. The highest BCUT2D eigenvalue weighted by Crippen LogP contribution is 2.12. The summed E-state index contributed by atoms with van der Waals surface area (Å²) < 4.78 is 5.21. The Morgan fingerprint density at radius 2 is 2.06 bits per heavy atom. The summed E-state index contributed by atoms with van der Waals surface area (Å²) in [4.78, 5) is 0. The Morgan fingerprint density at radius 1 is 1.31 bits per heavy atom. The number of nitriles is 1. The number of hydrogen-bond donors (Lipinski definition) is 0. The van der Waals surface area contributed by atoms with E-state index in [9.17, 15) is 0 Å². The second-order valence-electron chi connectivity index (χ2n) is 4.47. The summed E-state index contributed by atoms with van der Waals surface area (Å²) in [6.45, 7) is 6.69. The first-order valence-electron chi connectivity index (χ1n) is 5.14. The van der Waals surface area contributed by atoms with E-state index in [1.165, 1.54) is 0 Å². The molecule has 0 heterocycles. The molecule has 0 saturated carbocycles. The van der Waals surface area contributed by atoms with E-state index in [2.05, 4.69) is 31.1 Å². The van der Waals surface area contributed by atoms with E-state index in [1.807, 2.05) is 30.3 Å². The van der Waals surface area contributed by atoms with Crippen molar-refractivity contribution < 1.29 is 4.74 Å². The van der Waals surface area contributed by atoms with Crippen molar-refractivity contribution in [1.29, 1.82) is 5.26 Å². The van der Waals surface area contributed by atoms with E-state index in [1.54, 1.807) is 0 Å². The zero-order valence-electron chi connectivity index (χ0n) is 9.87. The van der Waals surface area contributed by atoms with E-state index in [0.717, 1.165) is 5.56 Å². The molecular weight excluding hydrogens is 214 g/mol. The van der Waals surface area contributed by atoms with Crippen LogP contribution in [0, 0.1) is 22.8 Å². The van der Waals surface area contributed by atoms with Crippen LogP contribution in [0.1, 0.15) is 5.56 Å². The highest BCUT2D eigenvalue weighted by Gasteiger charge is 2.07. The molecule has 0 spiro atoms. The number of nitrogens with zero attached hydrogens (tertiary/aromatic N) is 1. The summed E-state index contributed by atoms with van der Waals surface area (Å²) in [7, 11) is -1.34. The maximum absolute atomic E-state index is 8.41. The zero-order valence-corrected chi connectivity index (χ0v) is 10.9. The Labute approximate surface area is 97.9 Å². The van der Waals surface area contributed by atoms with Crippen LogP contribution in [0.15, 0.2) is 24.3 Å². The second-order valence-corrected chi connectivity index (χ2v) is 9.22. The fourth-order valence-electron chi connectivity index (χ4n) is 1.04. The van der Waals surface area contributed by atoms with Crippen LogP contribution in [-0.4, -0.2) is 14.7 Å². The van der Waals surface area contributed by atoms with Gasteiger partial charge in [-0.25, -0.2) is 0 Å². The van der Waals surface area contributed by atoms with Crippen molar-refractivity contribution in [3.63, 3.8) is 0 Å². The molecule has 0 aliphatic heterocycles. The Hall–Kier alpha value is -1.71. The molecule has 3 heteroatoms. The normalized spacial score (nSPS) is 9.88. The van der Waals surface area contributed by atoms with Gasteiger partial charge < -0.3 is 4.74 Å². The molecule has 0 N–H and O–H groups in total. The summed E-state index contributed by atoms with van der Waals surface area (Å²) in [5.41, 5.74) is 4.23. The third kappa shape index (κ3) is 4.68. The van der Waals surface area contributed by atoms with Gasteiger partial charge in [-0.3, -0.25) is 0 Å². The first-order valence-corrected chi connectivity index (χ1v) is 8.64. The monoisotopic (exact) mass is 229 g/mol. The summed E-state index contributed by atoms with van der Waals surface area (Å²) in [5.74, 6) is 3.85. The topological polar surface area (TPSA) is 33.0 Å². The van der Waals surface area contributed by atoms with Gasteiger partial charge in [0.2, 0.25) is 0 Å². The third-order valence-electron chi connectivity index (χ3n) is 1.72. The molecule has 16 heavy (non-hydrogen) atoms. The SMILES string of the molecule is C[Si](C)(C)C#Cc1cccc(OCC#N)c1. The molecule has 0 aromatic heterocycles. The van der Waals surface area contributed by atoms with Crippen LogP contribution in [0.4, 0.5) is 0 Å². The third-order valence-corrected chi connectivity index (χ3v) is 2.59. The van der Waals surface area contributed by atoms with Gasteiger partial charge in [-0.1, -0.05) is 31.6 Å². The Balaban J connectivity index is 2.82. The average Bonchev–Trinajstić information content (AvgIpc) is 2.23. The minimum absolute atomic E-state index is 0.0743. The van der Waals surface area contributed by atoms with Crippen LogP contribution in [0.25, 0.3) is 0 Å². The molecule has 1 aromatic carbocycles. The van der Waals surface area contributed by atoms with Gasteiger partial charge in [0.1, 0.15) is 19.9 Å². The molecule has 0 aliphatic rings. The summed E-state index contributed by atoms with van der Waals surface area (Å²) in [6, 6.07) is 9.48. The summed E-state index contributed by atoms with van der Waals surface area (Å²) in [5, 5.41) is 8.41. The van der Waals surface area contributed by atoms with Crippen molar-refractivity contribution in [2.75, 3.05) is 6.61 Å². The van der Waals surface area contributed by atoms with Crippen LogP contribution >= 0.6 is 0 Å². The minimum Gasteiger partial charge on any atom is -0.479 e. The van der Waals surface area contributed by atoms with Crippen molar-refractivity contribution in [3.8, 4) is 23.3 Å². The van der Waals surface area contributed by atoms with Crippen molar-refractivity contribution in [3.05, 3.63) is 29.8 Å². The largest absolute Gasteiger partial charge is 0.479 e. The molecule has 0 radical (unpaired) electrons. The molecule has 0 bridgehead atoms. The molecule has 0 saturated heterocycles. The first kappa shape index (κ1) is 12.4.